The Labute approximate surface area is 148 Å². The van der Waals surface area contributed by atoms with E-state index >= 15 is 0 Å². The quantitative estimate of drug-likeness (QED) is 0.470. The zero-order valence-corrected chi connectivity index (χ0v) is 14.7. The molecule has 6 nitrogen and oxygen atoms in total. The number of rotatable bonds is 7. The molecular weight excluding hydrogens is 319 g/mol. The lowest BCUT2D eigenvalue weighted by atomic mass is 9.71. The van der Waals surface area contributed by atoms with Gasteiger partial charge in [0.05, 0.1) is 0 Å². The summed E-state index contributed by atoms with van der Waals surface area (Å²) in [6, 6.07) is 6.05. The predicted octanol–water partition coefficient (Wildman–Crippen LogP) is 0.949. The van der Waals surface area contributed by atoms with Crippen molar-refractivity contribution in [3.63, 3.8) is 0 Å². The van der Waals surface area contributed by atoms with Crippen molar-refractivity contribution in [2.45, 2.75) is 55.9 Å². The molecule has 1 saturated carbocycles. The molecule has 0 aliphatic heterocycles. The van der Waals surface area contributed by atoms with Gasteiger partial charge in [0.15, 0.2) is 0 Å². The normalized spacial score (nSPS) is 26.8. The largest absolute Gasteiger partial charge is 0.480 e. The average Bonchev–Trinajstić information content (AvgIpc) is 2.85. The van der Waals surface area contributed by atoms with Gasteiger partial charge < -0.3 is 26.2 Å². The minimum Gasteiger partial charge on any atom is -0.480 e. The second-order valence-corrected chi connectivity index (χ2v) is 7.56. The van der Waals surface area contributed by atoms with Gasteiger partial charge >= 0.3 is 13.1 Å². The van der Waals surface area contributed by atoms with Crippen LogP contribution >= 0.6 is 0 Å². The van der Waals surface area contributed by atoms with Gasteiger partial charge in [-0.25, -0.2) is 4.79 Å². The molecular formula is C18H27BN2O4. The highest BCUT2D eigenvalue weighted by molar-refractivity contribution is 6.40. The van der Waals surface area contributed by atoms with E-state index in [2.05, 4.69) is 5.32 Å². The maximum atomic E-state index is 12.3. The standard InChI is InChI=1S/C18H27BN2O4/c1-21-18(16(22)23)14(4-2-9-19(24)25)10-12-5-6-13(11-15(12)18)17(20)7-3-8-17/h5-6,11,14,21,24-25H,2-4,7-10,20H2,1H3,(H,22,23)/t14?,18-/m1/s1. The molecule has 0 bridgehead atoms. The van der Waals surface area contributed by atoms with Crippen molar-refractivity contribution in [3.05, 3.63) is 34.9 Å². The van der Waals surface area contributed by atoms with Gasteiger partial charge in [0, 0.05) is 5.54 Å². The zero-order valence-electron chi connectivity index (χ0n) is 14.7. The van der Waals surface area contributed by atoms with Crippen molar-refractivity contribution < 1.29 is 19.9 Å². The second kappa shape index (κ2) is 6.72. The molecule has 136 valence electrons. The Morgan fingerprint density at radius 2 is 2.12 bits per heavy atom. The molecule has 0 aromatic heterocycles. The van der Waals surface area contributed by atoms with Crippen molar-refractivity contribution in [1.82, 2.24) is 5.32 Å². The number of hydrogen-bond acceptors (Lipinski definition) is 5. The lowest BCUT2D eigenvalue weighted by Gasteiger charge is -2.39. The van der Waals surface area contributed by atoms with Gasteiger partial charge in [0.1, 0.15) is 5.54 Å². The van der Waals surface area contributed by atoms with Crippen LogP contribution in [0.2, 0.25) is 6.32 Å². The average molecular weight is 346 g/mol. The molecule has 0 saturated heterocycles. The molecule has 3 rings (SSSR count). The van der Waals surface area contributed by atoms with Crippen LogP contribution in [0.4, 0.5) is 0 Å². The molecule has 2 aliphatic carbocycles. The highest BCUT2D eigenvalue weighted by atomic mass is 16.4. The molecule has 2 atom stereocenters. The Bertz CT molecular complexity index is 662. The van der Waals surface area contributed by atoms with Crippen LogP contribution in [-0.4, -0.2) is 35.3 Å². The number of hydrogen-bond donors (Lipinski definition) is 5. The summed E-state index contributed by atoms with van der Waals surface area (Å²) in [7, 11) is 0.339. The molecule has 1 unspecified atom stereocenters. The van der Waals surface area contributed by atoms with E-state index in [0.717, 1.165) is 36.0 Å². The van der Waals surface area contributed by atoms with E-state index in [4.69, 9.17) is 15.8 Å². The fourth-order valence-electron chi connectivity index (χ4n) is 4.52. The molecule has 1 aromatic rings. The molecule has 25 heavy (non-hydrogen) atoms. The summed E-state index contributed by atoms with van der Waals surface area (Å²) in [6.45, 7) is 0. The van der Waals surface area contributed by atoms with E-state index in [1.165, 1.54) is 0 Å². The summed E-state index contributed by atoms with van der Waals surface area (Å²) in [5.41, 5.74) is 7.84. The monoisotopic (exact) mass is 346 g/mol. The molecule has 1 aromatic carbocycles. The Morgan fingerprint density at radius 1 is 1.40 bits per heavy atom. The first-order valence-electron chi connectivity index (χ1n) is 9.04. The van der Waals surface area contributed by atoms with Crippen molar-refractivity contribution in [2.24, 2.45) is 11.7 Å². The van der Waals surface area contributed by atoms with Gasteiger partial charge in [-0.2, -0.15) is 0 Å². The Morgan fingerprint density at radius 3 is 2.64 bits per heavy atom. The van der Waals surface area contributed by atoms with Crippen LogP contribution in [0.1, 0.15) is 48.8 Å². The van der Waals surface area contributed by atoms with Crippen LogP contribution in [0.15, 0.2) is 18.2 Å². The Balaban J connectivity index is 1.94. The second-order valence-electron chi connectivity index (χ2n) is 7.56. The van der Waals surface area contributed by atoms with Gasteiger partial charge in [-0.1, -0.05) is 24.6 Å². The topological polar surface area (TPSA) is 116 Å². The lowest BCUT2D eigenvalue weighted by molar-refractivity contribution is -0.147. The molecule has 1 fully saturated rings. The summed E-state index contributed by atoms with van der Waals surface area (Å²) in [6.07, 6.45) is 5.08. The smallest absolute Gasteiger partial charge is 0.451 e. The van der Waals surface area contributed by atoms with Crippen LogP contribution in [0, 0.1) is 5.92 Å². The van der Waals surface area contributed by atoms with Crippen LogP contribution in [-0.2, 0) is 22.3 Å². The summed E-state index contributed by atoms with van der Waals surface area (Å²) in [5.74, 6) is -1.02. The number of likely N-dealkylation sites (N-methyl/N-ethyl adjacent to an activating group) is 1. The highest BCUT2D eigenvalue weighted by Crippen LogP contribution is 2.47. The van der Waals surface area contributed by atoms with Crippen LogP contribution < -0.4 is 11.1 Å². The maximum Gasteiger partial charge on any atom is 0.451 e. The number of nitrogens with one attached hydrogen (secondary N) is 1. The first-order chi connectivity index (χ1) is 11.8. The van der Waals surface area contributed by atoms with E-state index < -0.39 is 18.6 Å². The third kappa shape index (κ3) is 2.99. The molecule has 2 aliphatic rings. The summed E-state index contributed by atoms with van der Waals surface area (Å²) in [4.78, 5) is 12.3. The van der Waals surface area contributed by atoms with E-state index in [1.807, 2.05) is 18.2 Å². The van der Waals surface area contributed by atoms with Gasteiger partial charge in [-0.3, -0.25) is 0 Å². The van der Waals surface area contributed by atoms with Crippen LogP contribution in [0.5, 0.6) is 0 Å². The van der Waals surface area contributed by atoms with Crippen molar-refractivity contribution >= 4 is 13.1 Å². The number of benzene rings is 1. The van der Waals surface area contributed by atoms with E-state index in [-0.39, 0.29) is 17.8 Å². The number of carboxylic acids is 1. The molecule has 0 amide bonds. The Kier molecular flexibility index (Phi) is 4.94. The fraction of sp³-hybridized carbons (Fsp3) is 0.611. The van der Waals surface area contributed by atoms with E-state index in [0.29, 0.717) is 19.3 Å². The molecule has 0 radical (unpaired) electrons. The summed E-state index contributed by atoms with van der Waals surface area (Å²) in [5, 5.41) is 31.3. The summed E-state index contributed by atoms with van der Waals surface area (Å²) < 4.78 is 0. The number of carbonyl (C=O) groups is 1. The summed E-state index contributed by atoms with van der Waals surface area (Å²) >= 11 is 0. The fourth-order valence-corrected chi connectivity index (χ4v) is 4.52. The zero-order chi connectivity index (χ0) is 18.2. The van der Waals surface area contributed by atoms with Gasteiger partial charge in [-0.15, -0.1) is 0 Å². The molecule has 0 spiro atoms. The minimum absolute atomic E-state index is 0.130. The molecule has 7 heteroatoms. The SMILES string of the molecule is CN[C@@]1(C(=O)O)c2cc(C3(N)CCC3)ccc2CC1CCCB(O)O. The van der Waals surface area contributed by atoms with Crippen LogP contribution in [0.25, 0.3) is 0 Å². The molecule has 0 heterocycles. The minimum atomic E-state index is -1.35. The number of nitrogens with two attached hydrogens (primary N) is 1. The van der Waals surface area contributed by atoms with Crippen molar-refractivity contribution in [1.29, 1.82) is 0 Å². The first kappa shape index (κ1) is 18.4. The van der Waals surface area contributed by atoms with Crippen LogP contribution in [0.3, 0.4) is 0 Å². The van der Waals surface area contributed by atoms with E-state index in [9.17, 15) is 9.90 Å². The van der Waals surface area contributed by atoms with E-state index in [1.54, 1.807) is 7.05 Å². The van der Waals surface area contributed by atoms with Gasteiger partial charge in [-0.05, 0) is 68.1 Å². The Hall–Kier alpha value is -1.41. The third-order valence-electron chi connectivity index (χ3n) is 6.18. The number of fused-ring (bicyclic) bond motifs is 1. The predicted molar refractivity (Wildman–Crippen MR) is 96.0 cm³/mol. The van der Waals surface area contributed by atoms with Gasteiger partial charge in [0.2, 0.25) is 0 Å². The highest BCUT2D eigenvalue weighted by Gasteiger charge is 2.52. The van der Waals surface area contributed by atoms with Crippen molar-refractivity contribution in [3.8, 4) is 0 Å². The first-order valence-corrected chi connectivity index (χ1v) is 9.04. The lowest BCUT2D eigenvalue weighted by Crippen LogP contribution is -2.51. The number of aliphatic carboxylic acids is 1. The molecule has 6 N–H and O–H groups in total. The third-order valence-corrected chi connectivity index (χ3v) is 6.18. The number of carboxylic acid groups (broad SMARTS) is 1. The maximum absolute atomic E-state index is 12.3. The van der Waals surface area contributed by atoms with Gasteiger partial charge in [0.25, 0.3) is 0 Å². The van der Waals surface area contributed by atoms with Crippen molar-refractivity contribution in [2.75, 3.05) is 7.05 Å².